The lowest BCUT2D eigenvalue weighted by Gasteiger charge is -1.98. The van der Waals surface area contributed by atoms with Crippen molar-refractivity contribution in [1.29, 1.82) is 0 Å². The van der Waals surface area contributed by atoms with Crippen molar-refractivity contribution in [3.05, 3.63) is 42.0 Å². The van der Waals surface area contributed by atoms with E-state index in [1.807, 2.05) is 12.1 Å². The predicted molar refractivity (Wildman–Crippen MR) is 55.4 cm³/mol. The minimum absolute atomic E-state index is 0.704. The lowest BCUT2D eigenvalue weighted by atomic mass is 10.1. The summed E-state index contributed by atoms with van der Waals surface area (Å²) >= 11 is 0. The van der Waals surface area contributed by atoms with Crippen LogP contribution in [0.1, 0.15) is 5.56 Å². The number of aryl methyl sites for hydroxylation is 1. The molecule has 0 saturated heterocycles. The number of nitrogen functional groups attached to an aromatic ring is 1. The van der Waals surface area contributed by atoms with Crippen molar-refractivity contribution in [2.45, 2.75) is 6.92 Å². The van der Waals surface area contributed by atoms with Gasteiger partial charge in [0, 0.05) is 5.69 Å². The second-order valence-electron chi connectivity index (χ2n) is 3.19. The van der Waals surface area contributed by atoms with Gasteiger partial charge in [-0.2, -0.15) is 0 Å². The van der Waals surface area contributed by atoms with Gasteiger partial charge in [0.25, 0.3) is 0 Å². The fraction of sp³-hybridized carbons (Fsp3) is 0.0909. The van der Waals surface area contributed by atoms with Crippen molar-refractivity contribution in [2.24, 2.45) is 0 Å². The first-order valence-corrected chi connectivity index (χ1v) is 4.27. The Morgan fingerprint density at radius 2 is 1.69 bits per heavy atom. The molecule has 0 aliphatic rings. The van der Waals surface area contributed by atoms with Gasteiger partial charge in [0.05, 0.1) is 0 Å². The SMILES string of the molecule is Cc1ccc(-c2ccc(N)[nH]2)cc1. The molecule has 0 spiro atoms. The average Bonchev–Trinajstić information content (AvgIpc) is 2.53. The molecule has 66 valence electrons. The van der Waals surface area contributed by atoms with Gasteiger partial charge >= 0.3 is 0 Å². The molecule has 2 rings (SSSR count). The first kappa shape index (κ1) is 7.92. The van der Waals surface area contributed by atoms with E-state index in [1.165, 1.54) is 11.1 Å². The third-order valence-electron chi connectivity index (χ3n) is 2.07. The van der Waals surface area contributed by atoms with Gasteiger partial charge in [-0.3, -0.25) is 0 Å². The van der Waals surface area contributed by atoms with E-state index in [-0.39, 0.29) is 0 Å². The van der Waals surface area contributed by atoms with Crippen LogP contribution in [0.4, 0.5) is 5.82 Å². The van der Waals surface area contributed by atoms with Gasteiger partial charge in [-0.15, -0.1) is 0 Å². The van der Waals surface area contributed by atoms with Crippen LogP contribution in [0.5, 0.6) is 0 Å². The van der Waals surface area contributed by atoms with Gasteiger partial charge < -0.3 is 10.7 Å². The fourth-order valence-electron chi connectivity index (χ4n) is 1.31. The minimum Gasteiger partial charge on any atom is -0.385 e. The number of hydrogen-bond donors (Lipinski definition) is 2. The highest BCUT2D eigenvalue weighted by molar-refractivity contribution is 5.62. The standard InChI is InChI=1S/C11H12N2/c1-8-2-4-9(5-3-8)10-6-7-11(12)13-10/h2-7,13H,12H2,1H3. The van der Waals surface area contributed by atoms with Crippen LogP contribution < -0.4 is 5.73 Å². The maximum atomic E-state index is 5.59. The molecule has 2 nitrogen and oxygen atoms in total. The molecule has 13 heavy (non-hydrogen) atoms. The monoisotopic (exact) mass is 172 g/mol. The third-order valence-corrected chi connectivity index (χ3v) is 2.07. The van der Waals surface area contributed by atoms with Crippen molar-refractivity contribution in [2.75, 3.05) is 5.73 Å². The van der Waals surface area contributed by atoms with E-state index in [0.717, 1.165) is 5.69 Å². The van der Waals surface area contributed by atoms with Gasteiger partial charge in [0.15, 0.2) is 0 Å². The van der Waals surface area contributed by atoms with Crippen LogP contribution >= 0.6 is 0 Å². The number of aromatic amines is 1. The summed E-state index contributed by atoms with van der Waals surface area (Å²) in [7, 11) is 0. The van der Waals surface area contributed by atoms with Gasteiger partial charge in [0.1, 0.15) is 5.82 Å². The van der Waals surface area contributed by atoms with Crippen molar-refractivity contribution in [3.8, 4) is 11.3 Å². The van der Waals surface area contributed by atoms with Crippen LogP contribution in [0.2, 0.25) is 0 Å². The number of hydrogen-bond acceptors (Lipinski definition) is 1. The Morgan fingerprint density at radius 3 is 2.23 bits per heavy atom. The minimum atomic E-state index is 0.704. The Balaban J connectivity index is 2.41. The molecule has 0 saturated carbocycles. The summed E-state index contributed by atoms with van der Waals surface area (Å²) in [5, 5.41) is 0. The highest BCUT2D eigenvalue weighted by atomic mass is 14.8. The van der Waals surface area contributed by atoms with Crippen LogP contribution in [-0.4, -0.2) is 4.98 Å². The Kier molecular flexibility index (Phi) is 1.81. The number of nitrogens with one attached hydrogen (secondary N) is 1. The zero-order chi connectivity index (χ0) is 9.26. The smallest absolute Gasteiger partial charge is 0.101 e. The van der Waals surface area contributed by atoms with E-state index in [2.05, 4.69) is 36.2 Å². The first-order valence-electron chi connectivity index (χ1n) is 4.27. The molecule has 1 aromatic carbocycles. The molecule has 2 heteroatoms. The Bertz CT molecular complexity index is 398. The highest BCUT2D eigenvalue weighted by Gasteiger charge is 1.98. The van der Waals surface area contributed by atoms with E-state index in [1.54, 1.807) is 0 Å². The molecule has 0 amide bonds. The molecule has 0 aliphatic carbocycles. The molecule has 0 unspecified atom stereocenters. The number of benzene rings is 1. The normalized spacial score (nSPS) is 10.2. The van der Waals surface area contributed by atoms with Crippen molar-refractivity contribution >= 4 is 5.82 Å². The zero-order valence-corrected chi connectivity index (χ0v) is 7.54. The molecule has 1 aromatic heterocycles. The van der Waals surface area contributed by atoms with Crippen molar-refractivity contribution in [1.82, 2.24) is 4.98 Å². The topological polar surface area (TPSA) is 41.8 Å². The summed E-state index contributed by atoms with van der Waals surface area (Å²) in [6.07, 6.45) is 0. The van der Waals surface area contributed by atoms with Crippen LogP contribution in [0.15, 0.2) is 36.4 Å². The van der Waals surface area contributed by atoms with Gasteiger partial charge in [-0.05, 0) is 24.6 Å². The largest absolute Gasteiger partial charge is 0.385 e. The summed E-state index contributed by atoms with van der Waals surface area (Å²) in [6, 6.07) is 12.2. The van der Waals surface area contributed by atoms with E-state index >= 15 is 0 Å². The molecular weight excluding hydrogens is 160 g/mol. The molecule has 0 atom stereocenters. The van der Waals surface area contributed by atoms with Crippen molar-refractivity contribution in [3.63, 3.8) is 0 Å². The summed E-state index contributed by atoms with van der Waals surface area (Å²) in [5.74, 6) is 0.704. The van der Waals surface area contributed by atoms with Crippen LogP contribution in [0, 0.1) is 6.92 Å². The summed E-state index contributed by atoms with van der Waals surface area (Å²) in [5.41, 5.74) is 9.09. The van der Waals surface area contributed by atoms with Gasteiger partial charge in [0.2, 0.25) is 0 Å². The molecular formula is C11H12N2. The number of H-pyrrole nitrogens is 1. The molecule has 3 N–H and O–H groups in total. The Morgan fingerprint density at radius 1 is 1.00 bits per heavy atom. The quantitative estimate of drug-likeness (QED) is 0.682. The zero-order valence-electron chi connectivity index (χ0n) is 7.54. The first-order chi connectivity index (χ1) is 6.25. The predicted octanol–water partition coefficient (Wildman–Crippen LogP) is 2.57. The molecule has 0 bridgehead atoms. The van der Waals surface area contributed by atoms with Gasteiger partial charge in [-0.1, -0.05) is 29.8 Å². The third kappa shape index (κ3) is 1.56. The second kappa shape index (κ2) is 2.98. The molecule has 2 aromatic rings. The van der Waals surface area contributed by atoms with E-state index in [9.17, 15) is 0 Å². The fourth-order valence-corrected chi connectivity index (χ4v) is 1.31. The highest BCUT2D eigenvalue weighted by Crippen LogP contribution is 2.19. The molecule has 0 radical (unpaired) electrons. The van der Waals surface area contributed by atoms with Crippen LogP contribution in [0.3, 0.4) is 0 Å². The summed E-state index contributed by atoms with van der Waals surface area (Å²) < 4.78 is 0. The van der Waals surface area contributed by atoms with Gasteiger partial charge in [-0.25, -0.2) is 0 Å². The number of nitrogens with two attached hydrogens (primary N) is 1. The number of aromatic nitrogens is 1. The van der Waals surface area contributed by atoms with Crippen LogP contribution in [0.25, 0.3) is 11.3 Å². The number of anilines is 1. The lowest BCUT2D eigenvalue weighted by Crippen LogP contribution is -1.83. The molecule has 1 heterocycles. The Hall–Kier alpha value is -1.70. The Labute approximate surface area is 77.4 Å². The molecule has 0 fully saturated rings. The van der Waals surface area contributed by atoms with Crippen molar-refractivity contribution < 1.29 is 0 Å². The average molecular weight is 172 g/mol. The lowest BCUT2D eigenvalue weighted by molar-refractivity contribution is 1.39. The van der Waals surface area contributed by atoms with E-state index in [0.29, 0.717) is 5.82 Å². The summed E-state index contributed by atoms with van der Waals surface area (Å²) in [6.45, 7) is 2.08. The number of rotatable bonds is 1. The maximum Gasteiger partial charge on any atom is 0.101 e. The van der Waals surface area contributed by atoms with Crippen LogP contribution in [-0.2, 0) is 0 Å². The second-order valence-corrected chi connectivity index (χ2v) is 3.19. The van der Waals surface area contributed by atoms with E-state index in [4.69, 9.17) is 5.73 Å². The maximum absolute atomic E-state index is 5.59. The molecule has 0 aliphatic heterocycles. The summed E-state index contributed by atoms with van der Waals surface area (Å²) in [4.78, 5) is 3.09. The van der Waals surface area contributed by atoms with E-state index < -0.39 is 0 Å².